The molecule has 0 radical (unpaired) electrons. The molecule has 0 saturated carbocycles. The first-order chi connectivity index (χ1) is 11.1. The third-order valence-electron chi connectivity index (χ3n) is 3.28. The lowest BCUT2D eigenvalue weighted by Crippen LogP contribution is -2.19. The Kier molecular flexibility index (Phi) is 4.48. The fraction of sp³-hybridized carbons (Fsp3) is 0.111. The average Bonchev–Trinajstić information content (AvgIpc) is 3.13. The van der Waals surface area contributed by atoms with Crippen LogP contribution in [0, 0.1) is 13.8 Å². The van der Waals surface area contributed by atoms with E-state index in [0.717, 1.165) is 17.0 Å². The van der Waals surface area contributed by atoms with Crippen molar-refractivity contribution in [2.75, 3.05) is 0 Å². The molecule has 116 valence electrons. The predicted molar refractivity (Wildman–Crippen MR) is 94.6 cm³/mol. The Balaban J connectivity index is 1.75. The van der Waals surface area contributed by atoms with E-state index in [1.807, 2.05) is 38.1 Å². The summed E-state index contributed by atoms with van der Waals surface area (Å²) in [6, 6.07) is 9.71. The van der Waals surface area contributed by atoms with Crippen LogP contribution in [0.25, 0.3) is 6.08 Å². The topological polar surface area (TPSA) is 54.6 Å². The standard InChI is InChI=1S/C18H16N2O2S/c1-12-8-9-15(13(2)11-12)19-18-20-17(21)16(23-18)7-3-5-14-6-4-10-22-14/h3-11H,1-2H3,(H,19,20,21)/b5-3+,16-7-. The molecule has 0 atom stereocenters. The van der Waals surface area contributed by atoms with Crippen LogP contribution >= 0.6 is 11.8 Å². The summed E-state index contributed by atoms with van der Waals surface area (Å²) in [5.41, 5.74) is 3.14. The number of hydrogen-bond acceptors (Lipinski definition) is 4. The second-order valence-electron chi connectivity index (χ2n) is 5.17. The van der Waals surface area contributed by atoms with Gasteiger partial charge in [0.05, 0.1) is 16.9 Å². The third-order valence-corrected chi connectivity index (χ3v) is 4.20. The van der Waals surface area contributed by atoms with Crippen molar-refractivity contribution in [3.05, 3.63) is 70.5 Å². The molecule has 1 N–H and O–H groups in total. The number of allylic oxidation sites excluding steroid dienone is 2. The van der Waals surface area contributed by atoms with Crippen LogP contribution in [0.3, 0.4) is 0 Å². The predicted octanol–water partition coefficient (Wildman–Crippen LogP) is 4.34. The average molecular weight is 324 g/mol. The highest BCUT2D eigenvalue weighted by atomic mass is 32.2. The number of hydrogen-bond donors (Lipinski definition) is 1. The summed E-state index contributed by atoms with van der Waals surface area (Å²) >= 11 is 1.33. The van der Waals surface area contributed by atoms with Gasteiger partial charge in [-0.25, -0.2) is 4.99 Å². The van der Waals surface area contributed by atoms with Gasteiger partial charge in [-0.05, 0) is 61.5 Å². The number of furan rings is 1. The minimum Gasteiger partial charge on any atom is -0.465 e. The molecule has 1 aromatic carbocycles. The van der Waals surface area contributed by atoms with Gasteiger partial charge in [0, 0.05) is 0 Å². The number of benzene rings is 1. The molecule has 4 nitrogen and oxygen atoms in total. The van der Waals surface area contributed by atoms with E-state index in [2.05, 4.69) is 16.4 Å². The quantitative estimate of drug-likeness (QED) is 0.854. The second kappa shape index (κ2) is 6.71. The van der Waals surface area contributed by atoms with Crippen LogP contribution in [0.4, 0.5) is 5.69 Å². The summed E-state index contributed by atoms with van der Waals surface area (Å²) in [7, 11) is 0. The molecule has 1 aliphatic rings. The fourth-order valence-corrected chi connectivity index (χ4v) is 2.94. The highest BCUT2D eigenvalue weighted by Gasteiger charge is 2.23. The number of nitrogens with zero attached hydrogens (tertiary/aromatic N) is 1. The van der Waals surface area contributed by atoms with Gasteiger partial charge in [0.1, 0.15) is 5.76 Å². The van der Waals surface area contributed by atoms with Gasteiger partial charge in [-0.2, -0.15) is 0 Å². The zero-order valence-electron chi connectivity index (χ0n) is 12.9. The monoisotopic (exact) mass is 324 g/mol. The molecule has 2 heterocycles. The van der Waals surface area contributed by atoms with E-state index >= 15 is 0 Å². The van der Waals surface area contributed by atoms with Crippen LogP contribution in [0.15, 0.2) is 63.1 Å². The van der Waals surface area contributed by atoms with E-state index in [9.17, 15) is 4.79 Å². The number of aliphatic imine (C=N–C) groups is 1. The Morgan fingerprint density at radius 3 is 2.87 bits per heavy atom. The van der Waals surface area contributed by atoms with Gasteiger partial charge in [0.25, 0.3) is 5.91 Å². The van der Waals surface area contributed by atoms with E-state index < -0.39 is 0 Å². The first kappa shape index (κ1) is 15.4. The molecule has 0 spiro atoms. The number of carbonyl (C=O) groups excluding carboxylic acids is 1. The van der Waals surface area contributed by atoms with E-state index in [1.54, 1.807) is 24.5 Å². The van der Waals surface area contributed by atoms with Crippen molar-refractivity contribution in [3.63, 3.8) is 0 Å². The van der Waals surface area contributed by atoms with Crippen molar-refractivity contribution in [2.24, 2.45) is 4.99 Å². The van der Waals surface area contributed by atoms with E-state index in [4.69, 9.17) is 4.42 Å². The first-order valence-corrected chi connectivity index (χ1v) is 8.00. The second-order valence-corrected chi connectivity index (χ2v) is 6.20. The molecule has 1 aromatic heterocycles. The molecular weight excluding hydrogens is 308 g/mol. The summed E-state index contributed by atoms with van der Waals surface area (Å²) in [6.07, 6.45) is 6.96. The van der Waals surface area contributed by atoms with Crippen LogP contribution in [0.5, 0.6) is 0 Å². The zero-order chi connectivity index (χ0) is 16.2. The molecule has 0 aliphatic carbocycles. The van der Waals surface area contributed by atoms with Gasteiger partial charge in [-0.3, -0.25) is 4.79 Å². The van der Waals surface area contributed by atoms with Gasteiger partial charge in [-0.1, -0.05) is 23.8 Å². The van der Waals surface area contributed by atoms with Gasteiger partial charge in [-0.15, -0.1) is 0 Å². The summed E-state index contributed by atoms with van der Waals surface area (Å²) in [5, 5.41) is 3.38. The highest BCUT2D eigenvalue weighted by Crippen LogP contribution is 2.28. The number of amides is 1. The van der Waals surface area contributed by atoms with Crippen LogP contribution in [0.2, 0.25) is 0 Å². The Labute approximate surface area is 139 Å². The van der Waals surface area contributed by atoms with Crippen LogP contribution in [-0.2, 0) is 4.79 Å². The molecule has 1 fully saturated rings. The van der Waals surface area contributed by atoms with E-state index in [-0.39, 0.29) is 5.91 Å². The van der Waals surface area contributed by atoms with Gasteiger partial charge in [0.2, 0.25) is 0 Å². The van der Waals surface area contributed by atoms with Crippen molar-refractivity contribution in [1.29, 1.82) is 0 Å². The molecule has 23 heavy (non-hydrogen) atoms. The Morgan fingerprint density at radius 1 is 1.26 bits per heavy atom. The molecule has 2 aromatic rings. The summed E-state index contributed by atoms with van der Waals surface area (Å²) in [5.74, 6) is 0.608. The SMILES string of the molecule is Cc1ccc(N=C2NC(=O)/C(=C/C=C/c3ccco3)S2)c(C)c1. The van der Waals surface area contributed by atoms with E-state index in [0.29, 0.717) is 10.1 Å². The smallest absolute Gasteiger partial charge is 0.264 e. The lowest BCUT2D eigenvalue weighted by atomic mass is 10.1. The maximum Gasteiger partial charge on any atom is 0.264 e. The number of rotatable bonds is 3. The van der Waals surface area contributed by atoms with Crippen molar-refractivity contribution < 1.29 is 9.21 Å². The number of amidine groups is 1. The molecular formula is C18H16N2O2S. The molecule has 1 saturated heterocycles. The molecule has 1 aliphatic heterocycles. The van der Waals surface area contributed by atoms with Gasteiger partial charge < -0.3 is 9.73 Å². The molecule has 3 rings (SSSR count). The molecule has 0 unspecified atom stereocenters. The molecule has 1 amide bonds. The normalized spacial score (nSPS) is 18.3. The van der Waals surface area contributed by atoms with Crippen molar-refractivity contribution in [1.82, 2.24) is 5.32 Å². The number of aryl methyl sites for hydroxylation is 2. The van der Waals surface area contributed by atoms with E-state index in [1.165, 1.54) is 17.3 Å². The Morgan fingerprint density at radius 2 is 2.13 bits per heavy atom. The van der Waals surface area contributed by atoms with Gasteiger partial charge in [0.15, 0.2) is 5.17 Å². The van der Waals surface area contributed by atoms with Crippen LogP contribution in [-0.4, -0.2) is 11.1 Å². The largest absolute Gasteiger partial charge is 0.465 e. The minimum absolute atomic E-state index is 0.136. The third kappa shape index (κ3) is 3.81. The summed E-state index contributed by atoms with van der Waals surface area (Å²) in [6.45, 7) is 4.05. The molecule has 0 bridgehead atoms. The summed E-state index contributed by atoms with van der Waals surface area (Å²) < 4.78 is 5.20. The first-order valence-electron chi connectivity index (χ1n) is 7.19. The highest BCUT2D eigenvalue weighted by molar-refractivity contribution is 8.18. The Bertz CT molecular complexity index is 818. The number of carbonyl (C=O) groups is 1. The van der Waals surface area contributed by atoms with Crippen molar-refractivity contribution >= 4 is 34.6 Å². The fourth-order valence-electron chi connectivity index (χ4n) is 2.15. The summed E-state index contributed by atoms with van der Waals surface area (Å²) in [4.78, 5) is 17.1. The van der Waals surface area contributed by atoms with Crippen molar-refractivity contribution in [3.8, 4) is 0 Å². The number of thioether (sulfide) groups is 1. The maximum absolute atomic E-state index is 12.0. The number of nitrogens with one attached hydrogen (secondary N) is 1. The lowest BCUT2D eigenvalue weighted by molar-refractivity contribution is -0.115. The minimum atomic E-state index is -0.136. The molecule has 5 heteroatoms. The Hall–Kier alpha value is -2.53. The zero-order valence-corrected chi connectivity index (χ0v) is 13.7. The maximum atomic E-state index is 12.0. The lowest BCUT2D eigenvalue weighted by Gasteiger charge is -2.02. The van der Waals surface area contributed by atoms with Crippen molar-refractivity contribution in [2.45, 2.75) is 13.8 Å². The van der Waals surface area contributed by atoms with Gasteiger partial charge >= 0.3 is 0 Å². The van der Waals surface area contributed by atoms with Crippen LogP contribution < -0.4 is 5.32 Å². The van der Waals surface area contributed by atoms with Crippen LogP contribution in [0.1, 0.15) is 16.9 Å².